The van der Waals surface area contributed by atoms with Crippen molar-refractivity contribution in [3.05, 3.63) is 58.6 Å². The van der Waals surface area contributed by atoms with Gasteiger partial charge in [-0.3, -0.25) is 4.79 Å². The first-order valence-electron chi connectivity index (χ1n) is 12.3. The van der Waals surface area contributed by atoms with Crippen molar-refractivity contribution >= 4 is 23.6 Å². The summed E-state index contributed by atoms with van der Waals surface area (Å²) in [5.74, 6) is 0.351. The number of rotatable bonds is 12. The number of benzene rings is 2. The van der Waals surface area contributed by atoms with Crippen LogP contribution in [0.5, 0.6) is 0 Å². The molecule has 0 unspecified atom stereocenters. The van der Waals surface area contributed by atoms with E-state index in [0.29, 0.717) is 36.2 Å². The van der Waals surface area contributed by atoms with Gasteiger partial charge in [0.25, 0.3) is 5.91 Å². The number of alkyl carbamates (subject to hydrolysis) is 1. The third-order valence-corrected chi connectivity index (χ3v) is 6.49. The molecule has 3 N–H and O–H groups in total. The maximum absolute atomic E-state index is 13.4. The second-order valence-corrected chi connectivity index (χ2v) is 9.27. The fourth-order valence-corrected chi connectivity index (χ4v) is 4.57. The number of carbonyl (C=O) groups excluding carboxylic acids is 2. The number of hydrogen-bond acceptors (Lipinski definition) is 6. The van der Waals surface area contributed by atoms with Crippen molar-refractivity contribution in [2.75, 3.05) is 47.1 Å². The number of hydrogen-bond donors (Lipinski definition) is 3. The second-order valence-electron chi connectivity index (χ2n) is 8.84. The zero-order chi connectivity index (χ0) is 25.8. The molecule has 0 aliphatic carbocycles. The number of methoxy groups -OCH3 is 1. The van der Waals surface area contributed by atoms with Crippen LogP contribution < -0.4 is 16.0 Å². The van der Waals surface area contributed by atoms with Gasteiger partial charge in [-0.25, -0.2) is 4.79 Å². The molecular weight excluding hydrogens is 482 g/mol. The Bertz CT molecular complexity index is 997. The van der Waals surface area contributed by atoms with Crippen LogP contribution >= 0.6 is 11.6 Å². The van der Waals surface area contributed by atoms with E-state index in [1.165, 1.54) is 7.11 Å². The maximum Gasteiger partial charge on any atom is 0.406 e. The Balaban J connectivity index is 1.72. The molecule has 8 nitrogen and oxygen atoms in total. The Morgan fingerprint density at radius 2 is 2.03 bits per heavy atom. The smallest absolute Gasteiger partial charge is 0.406 e. The molecule has 1 saturated heterocycles. The van der Waals surface area contributed by atoms with Crippen LogP contribution in [-0.4, -0.2) is 65.1 Å². The van der Waals surface area contributed by atoms with E-state index < -0.39 is 6.09 Å². The van der Waals surface area contributed by atoms with E-state index in [-0.39, 0.29) is 18.6 Å². The summed E-state index contributed by atoms with van der Waals surface area (Å²) in [4.78, 5) is 24.6. The minimum absolute atomic E-state index is 0.153. The average Bonchev–Trinajstić information content (AvgIpc) is 2.90. The van der Waals surface area contributed by atoms with Crippen LogP contribution in [0.1, 0.15) is 35.2 Å². The monoisotopic (exact) mass is 517 g/mol. The first-order chi connectivity index (χ1) is 17.5. The highest BCUT2D eigenvalue weighted by molar-refractivity contribution is 6.30. The molecule has 2 amide bonds. The SMILES string of the molecule is CN[C@H](CNC(=O)c1cccc(COCCNC(=O)OC)c1-c1cccc(Cl)c1)C[C@H]1CCCOC1. The first kappa shape index (κ1) is 27.9. The minimum atomic E-state index is -0.507. The van der Waals surface area contributed by atoms with E-state index in [1.54, 1.807) is 6.07 Å². The quantitative estimate of drug-likeness (QED) is 0.368. The molecule has 2 aromatic carbocycles. The summed E-state index contributed by atoms with van der Waals surface area (Å²) >= 11 is 6.28. The second kappa shape index (κ2) is 14.8. The van der Waals surface area contributed by atoms with Gasteiger partial charge >= 0.3 is 6.09 Å². The Morgan fingerprint density at radius 1 is 1.19 bits per heavy atom. The normalized spacial score (nSPS) is 16.2. The maximum atomic E-state index is 13.4. The lowest BCUT2D eigenvalue weighted by Crippen LogP contribution is -2.41. The summed E-state index contributed by atoms with van der Waals surface area (Å²) in [7, 11) is 3.23. The first-order valence-corrected chi connectivity index (χ1v) is 12.7. The summed E-state index contributed by atoms with van der Waals surface area (Å²) in [6.07, 6.45) is 2.69. The molecular formula is C27H36ClN3O5. The Morgan fingerprint density at radius 3 is 2.75 bits per heavy atom. The van der Waals surface area contributed by atoms with Gasteiger partial charge in [-0.05, 0) is 67.1 Å². The van der Waals surface area contributed by atoms with Crippen molar-refractivity contribution in [3.63, 3.8) is 0 Å². The van der Waals surface area contributed by atoms with Crippen LogP contribution in [0.4, 0.5) is 4.79 Å². The van der Waals surface area contributed by atoms with Gasteiger partial charge in [-0.15, -0.1) is 0 Å². The number of ether oxygens (including phenoxy) is 3. The van der Waals surface area contributed by atoms with Gasteiger partial charge in [-0.2, -0.15) is 0 Å². The molecule has 2 aromatic rings. The number of nitrogens with one attached hydrogen (secondary N) is 3. The Labute approximate surface area is 218 Å². The molecule has 0 aromatic heterocycles. The van der Waals surface area contributed by atoms with Crippen molar-refractivity contribution in [1.82, 2.24) is 16.0 Å². The summed E-state index contributed by atoms with van der Waals surface area (Å²) < 4.78 is 16.0. The van der Waals surface area contributed by atoms with E-state index in [2.05, 4.69) is 20.7 Å². The third-order valence-electron chi connectivity index (χ3n) is 6.26. The van der Waals surface area contributed by atoms with E-state index in [9.17, 15) is 9.59 Å². The van der Waals surface area contributed by atoms with Crippen LogP contribution in [0.25, 0.3) is 11.1 Å². The fourth-order valence-electron chi connectivity index (χ4n) is 4.38. The zero-order valence-corrected chi connectivity index (χ0v) is 21.7. The van der Waals surface area contributed by atoms with Crippen molar-refractivity contribution in [3.8, 4) is 11.1 Å². The molecule has 1 aliphatic heterocycles. The molecule has 9 heteroatoms. The lowest BCUT2D eigenvalue weighted by molar-refractivity contribution is 0.0478. The van der Waals surface area contributed by atoms with Crippen molar-refractivity contribution in [2.45, 2.75) is 31.9 Å². The van der Waals surface area contributed by atoms with Crippen LogP contribution in [-0.2, 0) is 20.8 Å². The molecule has 36 heavy (non-hydrogen) atoms. The summed E-state index contributed by atoms with van der Waals surface area (Å²) in [5, 5.41) is 9.60. The molecule has 1 aliphatic rings. The van der Waals surface area contributed by atoms with Crippen LogP contribution in [0.3, 0.4) is 0 Å². The standard InChI is InChI=1S/C27H36ClN3O5/c1-29-23(14-19-6-5-12-35-17-19)16-31-26(32)24-10-4-8-21(18-36-13-11-30-27(33)34-2)25(24)20-7-3-9-22(28)15-20/h3-4,7-10,15,19,23,29H,5-6,11-14,16-18H2,1-2H3,(H,30,33)(H,31,32)/t19-,23+/m1/s1. The predicted octanol–water partition coefficient (Wildman–Crippen LogP) is 4.01. The van der Waals surface area contributed by atoms with Gasteiger partial charge in [0, 0.05) is 42.9 Å². The molecule has 196 valence electrons. The highest BCUT2D eigenvalue weighted by Crippen LogP contribution is 2.30. The number of carbonyl (C=O) groups is 2. The van der Waals surface area contributed by atoms with Gasteiger partial charge in [0.1, 0.15) is 0 Å². The molecule has 1 fully saturated rings. The van der Waals surface area contributed by atoms with Crippen LogP contribution in [0.15, 0.2) is 42.5 Å². The van der Waals surface area contributed by atoms with Gasteiger partial charge in [0.2, 0.25) is 0 Å². The molecule has 3 rings (SSSR count). The van der Waals surface area contributed by atoms with Crippen LogP contribution in [0.2, 0.25) is 5.02 Å². The predicted molar refractivity (Wildman–Crippen MR) is 140 cm³/mol. The molecule has 0 saturated carbocycles. The fraction of sp³-hybridized carbons (Fsp3) is 0.481. The largest absolute Gasteiger partial charge is 0.453 e. The van der Waals surface area contributed by atoms with Crippen molar-refractivity contribution < 1.29 is 23.8 Å². The Hall–Kier alpha value is -2.65. The number of likely N-dealkylation sites (N-methyl/N-ethyl adjacent to an activating group) is 1. The lowest BCUT2D eigenvalue weighted by Gasteiger charge is -2.26. The topological polar surface area (TPSA) is 97.9 Å². The molecule has 0 bridgehead atoms. The molecule has 2 atom stereocenters. The van der Waals surface area contributed by atoms with Gasteiger partial charge in [0.15, 0.2) is 0 Å². The molecule has 0 spiro atoms. The van der Waals surface area contributed by atoms with E-state index >= 15 is 0 Å². The van der Waals surface area contributed by atoms with Crippen molar-refractivity contribution in [2.24, 2.45) is 5.92 Å². The third kappa shape index (κ3) is 8.48. The van der Waals surface area contributed by atoms with E-state index in [4.69, 9.17) is 21.1 Å². The highest BCUT2D eigenvalue weighted by atomic mass is 35.5. The van der Waals surface area contributed by atoms with Crippen molar-refractivity contribution in [1.29, 1.82) is 0 Å². The van der Waals surface area contributed by atoms with Gasteiger partial charge in [-0.1, -0.05) is 35.9 Å². The lowest BCUT2D eigenvalue weighted by atomic mass is 9.93. The van der Waals surface area contributed by atoms with E-state index in [0.717, 1.165) is 49.2 Å². The summed E-state index contributed by atoms with van der Waals surface area (Å²) in [5.41, 5.74) is 3.03. The molecule has 0 radical (unpaired) electrons. The van der Waals surface area contributed by atoms with Crippen LogP contribution in [0, 0.1) is 5.92 Å². The minimum Gasteiger partial charge on any atom is -0.453 e. The van der Waals surface area contributed by atoms with E-state index in [1.807, 2.05) is 43.4 Å². The molecule has 1 heterocycles. The highest BCUT2D eigenvalue weighted by Gasteiger charge is 2.21. The summed E-state index contributed by atoms with van der Waals surface area (Å²) in [6.45, 7) is 3.02. The number of halogens is 1. The average molecular weight is 518 g/mol. The number of amides is 2. The summed E-state index contributed by atoms with van der Waals surface area (Å²) in [6, 6.07) is 13.2. The Kier molecular flexibility index (Phi) is 11.5. The van der Waals surface area contributed by atoms with Gasteiger partial charge in [0.05, 0.1) is 20.3 Å². The van der Waals surface area contributed by atoms with Gasteiger partial charge < -0.3 is 30.2 Å². The zero-order valence-electron chi connectivity index (χ0n) is 21.0.